The van der Waals surface area contributed by atoms with Crippen LogP contribution in [0.25, 0.3) is 11.2 Å². The van der Waals surface area contributed by atoms with E-state index in [0.717, 1.165) is 0 Å². The number of hydrogen-bond donors (Lipinski definition) is 5. The summed E-state index contributed by atoms with van der Waals surface area (Å²) in [4.78, 5) is 43.0. The van der Waals surface area contributed by atoms with Crippen LogP contribution in [-0.2, 0) is 23.6 Å². The van der Waals surface area contributed by atoms with Crippen LogP contribution >= 0.6 is 7.60 Å². The summed E-state index contributed by atoms with van der Waals surface area (Å²) in [5, 5.41) is 29.9. The number of nitrogen functional groups attached to an aromatic ring is 1. The lowest BCUT2D eigenvalue weighted by atomic mass is 10.1. The maximum atomic E-state index is 12.2. The first-order chi connectivity index (χ1) is 15.2. The Morgan fingerprint density at radius 1 is 1.36 bits per heavy atom. The van der Waals surface area contributed by atoms with E-state index in [1.54, 1.807) is 6.07 Å². The van der Waals surface area contributed by atoms with Crippen LogP contribution in [0.1, 0.15) is 32.8 Å². The zero-order chi connectivity index (χ0) is 24.7. The van der Waals surface area contributed by atoms with Crippen molar-refractivity contribution in [2.75, 3.05) is 12.3 Å². The largest absolute Gasteiger partial charge is 0.458 e. The lowest BCUT2D eigenvalue weighted by molar-refractivity contribution is -0.166. The van der Waals surface area contributed by atoms with Gasteiger partial charge < -0.3 is 39.9 Å². The SMILES string of the molecule is CC(C)(C)OC(=O)[C@@H](OC[C@H]1O[C@@H](n2cnc3c(N)nc(C#N)nc32)[C@H](O)[C@H]1O)P(=O)(O)O. The molecule has 6 N–H and O–H groups in total. The molecule has 0 spiro atoms. The monoisotopic (exact) mass is 486 g/mol. The summed E-state index contributed by atoms with van der Waals surface area (Å²) in [5.74, 6) is -3.89. The molecule has 0 saturated carbocycles. The van der Waals surface area contributed by atoms with Crippen molar-refractivity contribution in [3.05, 3.63) is 12.2 Å². The summed E-state index contributed by atoms with van der Waals surface area (Å²) >= 11 is 0. The van der Waals surface area contributed by atoms with Crippen molar-refractivity contribution in [1.82, 2.24) is 19.5 Å². The van der Waals surface area contributed by atoms with Gasteiger partial charge in [-0.05, 0) is 20.8 Å². The molecule has 33 heavy (non-hydrogen) atoms. The lowest BCUT2D eigenvalue weighted by Gasteiger charge is -2.25. The fraction of sp³-hybridized carbons (Fsp3) is 0.588. The maximum absolute atomic E-state index is 12.2. The molecule has 1 aliphatic heterocycles. The molecular weight excluding hydrogens is 463 g/mol. The molecule has 180 valence electrons. The zero-order valence-corrected chi connectivity index (χ0v) is 18.7. The van der Waals surface area contributed by atoms with Gasteiger partial charge in [-0.2, -0.15) is 15.2 Å². The Balaban J connectivity index is 1.80. The van der Waals surface area contributed by atoms with E-state index in [1.165, 1.54) is 31.7 Å². The molecule has 1 saturated heterocycles. The number of hydrogen-bond acceptors (Lipinski definition) is 12. The Morgan fingerprint density at radius 3 is 2.61 bits per heavy atom. The van der Waals surface area contributed by atoms with Gasteiger partial charge in [-0.3, -0.25) is 9.13 Å². The summed E-state index contributed by atoms with van der Waals surface area (Å²) in [6.07, 6.45) is -4.48. The van der Waals surface area contributed by atoms with Crippen LogP contribution in [0.15, 0.2) is 6.33 Å². The van der Waals surface area contributed by atoms with E-state index >= 15 is 0 Å². The van der Waals surface area contributed by atoms with Crippen molar-refractivity contribution in [3.8, 4) is 6.07 Å². The predicted molar refractivity (Wildman–Crippen MR) is 108 cm³/mol. The number of rotatable bonds is 6. The van der Waals surface area contributed by atoms with Crippen molar-refractivity contribution in [2.24, 2.45) is 0 Å². The van der Waals surface area contributed by atoms with E-state index in [-0.39, 0.29) is 22.8 Å². The maximum Gasteiger partial charge on any atom is 0.365 e. The number of imidazole rings is 1. The summed E-state index contributed by atoms with van der Waals surface area (Å²) in [7, 11) is -5.09. The Hall–Kier alpha value is -2.70. The van der Waals surface area contributed by atoms with E-state index < -0.39 is 56.2 Å². The van der Waals surface area contributed by atoms with Gasteiger partial charge >= 0.3 is 13.6 Å². The lowest BCUT2D eigenvalue weighted by Crippen LogP contribution is -2.38. The van der Waals surface area contributed by atoms with E-state index in [1.807, 2.05) is 0 Å². The standard InChI is InChI=1S/C17H23N6O9P/c1-17(2,3)32-15(26)16(33(27,28)29)30-5-7-10(24)11(25)14(31-7)23-6-20-9-12(19)21-8(4-18)22-13(9)23/h6-7,10-11,14,16,24-25H,5H2,1-3H3,(H2,19,21,22)(H2,27,28,29)/t7-,10+,11-,14-,16+/m1/s1. The van der Waals surface area contributed by atoms with Gasteiger partial charge in [-0.25, -0.2) is 9.78 Å². The highest BCUT2D eigenvalue weighted by atomic mass is 31.2. The van der Waals surface area contributed by atoms with Crippen LogP contribution in [0.5, 0.6) is 0 Å². The second-order valence-electron chi connectivity index (χ2n) is 8.22. The number of nitriles is 1. The third-order valence-corrected chi connectivity index (χ3v) is 5.46. The Morgan fingerprint density at radius 2 is 2.03 bits per heavy atom. The quantitative estimate of drug-likeness (QED) is 0.237. The minimum atomic E-state index is -5.09. The highest BCUT2D eigenvalue weighted by Crippen LogP contribution is 2.43. The van der Waals surface area contributed by atoms with Gasteiger partial charge in [-0.15, -0.1) is 0 Å². The number of nitrogens with two attached hydrogens (primary N) is 1. The molecule has 1 aliphatic rings. The first-order valence-electron chi connectivity index (χ1n) is 9.54. The molecule has 15 nitrogen and oxygen atoms in total. The first kappa shape index (κ1) is 24.9. The van der Waals surface area contributed by atoms with Gasteiger partial charge in [0.1, 0.15) is 35.5 Å². The average Bonchev–Trinajstić information content (AvgIpc) is 3.22. The van der Waals surface area contributed by atoms with Crippen LogP contribution in [-0.4, -0.2) is 81.9 Å². The van der Waals surface area contributed by atoms with Crippen LogP contribution in [0.3, 0.4) is 0 Å². The van der Waals surface area contributed by atoms with Crippen LogP contribution in [0, 0.1) is 11.3 Å². The first-order valence-corrected chi connectivity index (χ1v) is 11.2. The molecular formula is C17H23N6O9P. The number of aromatic nitrogens is 4. The van der Waals surface area contributed by atoms with Crippen LogP contribution < -0.4 is 5.73 Å². The summed E-state index contributed by atoms with van der Waals surface area (Å²) in [5.41, 5.74) is 4.91. The fourth-order valence-electron chi connectivity index (χ4n) is 3.11. The highest BCUT2D eigenvalue weighted by Gasteiger charge is 2.47. The molecule has 5 atom stereocenters. The second-order valence-corrected chi connectivity index (χ2v) is 9.87. The summed E-state index contributed by atoms with van der Waals surface area (Å²) in [6, 6.07) is 1.74. The number of nitrogens with zero attached hydrogens (tertiary/aromatic N) is 5. The molecule has 3 rings (SSSR count). The second kappa shape index (κ2) is 8.92. The highest BCUT2D eigenvalue weighted by molar-refractivity contribution is 7.53. The number of aliphatic hydroxyl groups excluding tert-OH is 2. The van der Waals surface area contributed by atoms with Gasteiger partial charge in [0.25, 0.3) is 5.85 Å². The average molecular weight is 486 g/mol. The predicted octanol–water partition coefficient (Wildman–Crippen LogP) is -1.24. The molecule has 16 heteroatoms. The number of esters is 1. The zero-order valence-electron chi connectivity index (χ0n) is 17.8. The smallest absolute Gasteiger partial charge is 0.365 e. The third kappa shape index (κ3) is 5.28. The number of aliphatic hydroxyl groups is 2. The normalized spacial score (nSPS) is 24.5. The van der Waals surface area contributed by atoms with E-state index in [9.17, 15) is 29.4 Å². The molecule has 0 aliphatic carbocycles. The molecule has 2 aromatic rings. The number of fused-ring (bicyclic) bond motifs is 1. The minimum absolute atomic E-state index is 0.0544. The van der Waals surface area contributed by atoms with Gasteiger partial charge in [0.2, 0.25) is 5.82 Å². The molecule has 2 aromatic heterocycles. The molecule has 0 amide bonds. The molecule has 3 heterocycles. The minimum Gasteiger partial charge on any atom is -0.458 e. The molecule has 0 aromatic carbocycles. The molecule has 0 bridgehead atoms. The third-order valence-electron chi connectivity index (χ3n) is 4.49. The molecule has 1 fully saturated rings. The fourth-order valence-corrected chi connectivity index (χ4v) is 3.72. The number of carbonyl (C=O) groups excluding carboxylic acids is 1. The van der Waals surface area contributed by atoms with Gasteiger partial charge in [0.05, 0.1) is 12.9 Å². The Labute approximate surface area is 186 Å². The van der Waals surface area contributed by atoms with E-state index in [4.69, 9.17) is 25.2 Å². The van der Waals surface area contributed by atoms with Gasteiger partial charge in [-0.1, -0.05) is 0 Å². The Kier molecular flexibility index (Phi) is 6.74. The van der Waals surface area contributed by atoms with E-state index in [2.05, 4.69) is 15.0 Å². The van der Waals surface area contributed by atoms with Crippen molar-refractivity contribution < 1.29 is 43.6 Å². The van der Waals surface area contributed by atoms with Gasteiger partial charge in [0.15, 0.2) is 17.7 Å². The number of anilines is 1. The number of ether oxygens (including phenoxy) is 3. The molecule has 0 radical (unpaired) electrons. The number of carbonyl (C=O) groups is 1. The van der Waals surface area contributed by atoms with Crippen molar-refractivity contribution in [3.63, 3.8) is 0 Å². The van der Waals surface area contributed by atoms with Crippen molar-refractivity contribution in [2.45, 2.75) is 56.8 Å². The van der Waals surface area contributed by atoms with Crippen molar-refractivity contribution >= 4 is 30.5 Å². The topological polar surface area (TPSA) is 236 Å². The van der Waals surface area contributed by atoms with Crippen LogP contribution in [0.4, 0.5) is 5.82 Å². The van der Waals surface area contributed by atoms with E-state index in [0.29, 0.717) is 0 Å². The molecule has 0 unspecified atom stereocenters. The van der Waals surface area contributed by atoms with Crippen molar-refractivity contribution in [1.29, 1.82) is 5.26 Å². The summed E-state index contributed by atoms with van der Waals surface area (Å²) in [6.45, 7) is 3.86. The van der Waals surface area contributed by atoms with Gasteiger partial charge in [0, 0.05) is 0 Å². The summed E-state index contributed by atoms with van der Waals surface area (Å²) < 4.78 is 28.6. The van der Waals surface area contributed by atoms with Crippen LogP contribution in [0.2, 0.25) is 0 Å². The Bertz CT molecular complexity index is 1140.